The van der Waals surface area contributed by atoms with Gasteiger partial charge < -0.3 is 19.1 Å². The summed E-state index contributed by atoms with van der Waals surface area (Å²) in [6, 6.07) is 3.25. The average molecular weight is 438 g/mol. The lowest BCUT2D eigenvalue weighted by Gasteiger charge is -2.64. The predicted molar refractivity (Wildman–Crippen MR) is 106 cm³/mol. The number of ether oxygens (including phenoxy) is 1. The van der Waals surface area contributed by atoms with Crippen molar-refractivity contribution in [1.29, 1.82) is 0 Å². The maximum atomic E-state index is 12.2. The van der Waals surface area contributed by atoms with Gasteiger partial charge in [-0.25, -0.2) is 0 Å². The molecule has 0 amide bonds. The average Bonchev–Trinajstić information content (AvgIpc) is 2.98. The van der Waals surface area contributed by atoms with Gasteiger partial charge in [-0.05, 0) is 62.6 Å². The van der Waals surface area contributed by atoms with Crippen molar-refractivity contribution in [3.05, 3.63) is 23.3 Å². The van der Waals surface area contributed by atoms with Gasteiger partial charge in [-0.15, -0.1) is 0 Å². The summed E-state index contributed by atoms with van der Waals surface area (Å²) in [4.78, 5) is 2.44. The van der Waals surface area contributed by atoms with Crippen molar-refractivity contribution in [3.63, 3.8) is 0 Å². The molecule has 0 radical (unpaired) electrons. The second-order valence-corrected chi connectivity index (χ2v) is 10.8. The van der Waals surface area contributed by atoms with E-state index in [0.717, 1.165) is 24.2 Å². The second-order valence-electron chi connectivity index (χ2n) is 9.74. The van der Waals surface area contributed by atoms with Gasteiger partial charge in [-0.1, -0.05) is 12.5 Å². The molecule has 2 bridgehead atoms. The number of nitrogens with zero attached hydrogens (tertiary/aromatic N) is 1. The molecule has 5 aliphatic rings. The first-order valence-corrected chi connectivity index (χ1v) is 12.2. The number of piperidine rings is 1. The van der Waals surface area contributed by atoms with Crippen molar-refractivity contribution in [1.82, 2.24) is 4.90 Å². The Bertz CT molecular complexity index is 1010. The van der Waals surface area contributed by atoms with Gasteiger partial charge in [0, 0.05) is 18.2 Å². The number of rotatable bonds is 4. The van der Waals surface area contributed by atoms with Crippen molar-refractivity contribution in [2.45, 2.75) is 74.2 Å². The minimum atomic E-state index is -4.72. The van der Waals surface area contributed by atoms with Crippen LogP contribution in [-0.4, -0.2) is 65.0 Å². The molecule has 6 rings (SSSR count). The van der Waals surface area contributed by atoms with E-state index in [1.54, 1.807) is 0 Å². The molecular weight excluding hydrogens is 410 g/mol. The lowest BCUT2D eigenvalue weighted by molar-refractivity contribution is -0.209. The molecule has 5 atom stereocenters. The van der Waals surface area contributed by atoms with E-state index in [0.29, 0.717) is 31.6 Å². The molecule has 0 unspecified atom stereocenters. The lowest BCUT2D eigenvalue weighted by atomic mass is 9.48. The van der Waals surface area contributed by atoms with E-state index in [4.69, 9.17) is 8.92 Å². The van der Waals surface area contributed by atoms with Crippen LogP contribution in [0.4, 0.5) is 0 Å². The van der Waals surface area contributed by atoms with Gasteiger partial charge in [0.1, 0.15) is 6.10 Å². The molecule has 1 aromatic rings. The fraction of sp³-hybridized carbons (Fsp3) is 0.714. The number of aliphatic hydroxyl groups excluding tert-OH is 1. The molecule has 3 N–H and O–H groups in total. The van der Waals surface area contributed by atoms with Crippen LogP contribution in [0.15, 0.2) is 12.1 Å². The maximum Gasteiger partial charge on any atom is 0.446 e. The Hall–Kier alpha value is -1.39. The predicted octanol–water partition coefficient (Wildman–Crippen LogP) is 1.18. The van der Waals surface area contributed by atoms with Gasteiger partial charge in [-0.3, -0.25) is 9.45 Å². The van der Waals surface area contributed by atoms with E-state index in [-0.39, 0.29) is 17.5 Å². The highest BCUT2D eigenvalue weighted by Gasteiger charge is 2.73. The molecule has 2 saturated carbocycles. The topological polar surface area (TPSA) is 117 Å². The molecule has 1 saturated heterocycles. The van der Waals surface area contributed by atoms with Crippen LogP contribution in [0.3, 0.4) is 0 Å². The molecule has 2 aliphatic heterocycles. The number of hydrogen-bond acceptors (Lipinski definition) is 7. The molecule has 164 valence electrons. The third-order valence-electron chi connectivity index (χ3n) is 8.44. The van der Waals surface area contributed by atoms with Crippen LogP contribution in [0.2, 0.25) is 0 Å². The lowest BCUT2D eigenvalue weighted by Crippen LogP contribution is -2.77. The number of benzene rings is 1. The second kappa shape index (κ2) is 6.10. The zero-order valence-electron chi connectivity index (χ0n) is 16.7. The van der Waals surface area contributed by atoms with Crippen LogP contribution in [0, 0.1) is 5.92 Å². The van der Waals surface area contributed by atoms with Crippen molar-refractivity contribution in [2.75, 3.05) is 13.1 Å². The fourth-order valence-electron chi connectivity index (χ4n) is 7.00. The molecule has 9 heteroatoms. The summed E-state index contributed by atoms with van der Waals surface area (Å²) >= 11 is 0. The van der Waals surface area contributed by atoms with Crippen molar-refractivity contribution in [3.8, 4) is 11.5 Å². The largest absolute Gasteiger partial charge is 0.482 e. The van der Waals surface area contributed by atoms with Gasteiger partial charge >= 0.3 is 10.4 Å². The zero-order valence-corrected chi connectivity index (χ0v) is 17.5. The van der Waals surface area contributed by atoms with Gasteiger partial charge in [0.25, 0.3) is 0 Å². The van der Waals surface area contributed by atoms with Crippen LogP contribution in [0.1, 0.15) is 49.7 Å². The first-order valence-electron chi connectivity index (χ1n) is 10.9. The summed E-state index contributed by atoms with van der Waals surface area (Å²) < 4.78 is 42.9. The first-order chi connectivity index (χ1) is 14.2. The summed E-state index contributed by atoms with van der Waals surface area (Å²) in [7, 11) is -4.72. The van der Waals surface area contributed by atoms with Crippen LogP contribution >= 0.6 is 0 Å². The standard InChI is InChI=1S/C21H27NO7S/c23-14-6-7-21(24)16-10-13-4-5-15(29-30(25,26)27)18-17(13)20(21,19(14)28-18)8-9-22(16)11-12-2-1-3-12/h4-5,12,14,16,19,23-24H,1-3,6-11H2,(H,25,26,27)/t14-,16+,19-,20-,21+/m0/s1. The van der Waals surface area contributed by atoms with Crippen LogP contribution in [0.5, 0.6) is 11.5 Å². The van der Waals surface area contributed by atoms with Gasteiger partial charge in [0.05, 0.1) is 17.1 Å². The Morgan fingerprint density at radius 1 is 1.23 bits per heavy atom. The third kappa shape index (κ3) is 2.38. The van der Waals surface area contributed by atoms with E-state index in [2.05, 4.69) is 4.90 Å². The minimum absolute atomic E-state index is 0.0581. The molecule has 3 fully saturated rings. The summed E-state index contributed by atoms with van der Waals surface area (Å²) in [6.07, 6.45) is 4.52. The summed E-state index contributed by atoms with van der Waals surface area (Å²) in [5.41, 5.74) is -0.104. The highest BCUT2D eigenvalue weighted by molar-refractivity contribution is 7.81. The van der Waals surface area contributed by atoms with Crippen molar-refractivity contribution in [2.24, 2.45) is 5.92 Å². The zero-order chi connectivity index (χ0) is 20.9. The van der Waals surface area contributed by atoms with Crippen LogP contribution in [0.25, 0.3) is 0 Å². The molecule has 0 aromatic heterocycles. The molecule has 2 heterocycles. The molecule has 3 aliphatic carbocycles. The van der Waals surface area contributed by atoms with Crippen molar-refractivity contribution < 1.29 is 32.1 Å². The Morgan fingerprint density at radius 2 is 2.03 bits per heavy atom. The number of aliphatic hydroxyl groups is 2. The maximum absolute atomic E-state index is 12.2. The molecule has 1 spiro atoms. The summed E-state index contributed by atoms with van der Waals surface area (Å²) in [6.45, 7) is 1.79. The van der Waals surface area contributed by atoms with E-state index in [9.17, 15) is 23.2 Å². The van der Waals surface area contributed by atoms with Crippen LogP contribution in [-0.2, 0) is 22.2 Å². The van der Waals surface area contributed by atoms with E-state index in [1.165, 1.54) is 25.3 Å². The highest BCUT2D eigenvalue weighted by Crippen LogP contribution is 2.65. The Balaban J connectivity index is 1.50. The fourth-order valence-corrected chi connectivity index (χ4v) is 7.36. The third-order valence-corrected chi connectivity index (χ3v) is 8.83. The summed E-state index contributed by atoms with van der Waals surface area (Å²) in [5, 5.41) is 23.0. The van der Waals surface area contributed by atoms with E-state index in [1.807, 2.05) is 6.07 Å². The molecular formula is C21H27NO7S. The normalized spacial score (nSPS) is 39.8. The molecule has 1 aromatic carbocycles. The first kappa shape index (κ1) is 19.3. The van der Waals surface area contributed by atoms with E-state index < -0.39 is 33.6 Å². The summed E-state index contributed by atoms with van der Waals surface area (Å²) in [5.74, 6) is 0.834. The molecule has 30 heavy (non-hydrogen) atoms. The molecule has 8 nitrogen and oxygen atoms in total. The van der Waals surface area contributed by atoms with Crippen LogP contribution < -0.4 is 8.92 Å². The number of likely N-dealkylation sites (tertiary alicyclic amines) is 1. The van der Waals surface area contributed by atoms with E-state index >= 15 is 0 Å². The van der Waals surface area contributed by atoms with Gasteiger partial charge in [-0.2, -0.15) is 8.42 Å². The SMILES string of the molecule is O=S(=O)(O)Oc1ccc2c3c1O[C@H]1[C@@H](O)CC[C@@]4(O)[C@@H](C2)N(CC2CCC2)CC[C@]314. The van der Waals surface area contributed by atoms with Crippen molar-refractivity contribution >= 4 is 10.4 Å². The Morgan fingerprint density at radius 3 is 2.73 bits per heavy atom. The highest BCUT2D eigenvalue weighted by atomic mass is 32.3. The Kier molecular flexibility index (Phi) is 3.93. The number of hydrogen-bond donors (Lipinski definition) is 3. The monoisotopic (exact) mass is 437 g/mol. The van der Waals surface area contributed by atoms with Gasteiger partial charge in [0.15, 0.2) is 11.5 Å². The quantitative estimate of drug-likeness (QED) is 0.602. The minimum Gasteiger partial charge on any atom is -0.482 e. The Labute approximate surface area is 175 Å². The van der Waals surface area contributed by atoms with Gasteiger partial charge in [0.2, 0.25) is 0 Å². The smallest absolute Gasteiger partial charge is 0.446 e.